The van der Waals surface area contributed by atoms with Crippen LogP contribution in [-0.2, 0) is 16.2 Å². The molecule has 2 amide bonds. The van der Waals surface area contributed by atoms with E-state index < -0.39 is 22.4 Å². The summed E-state index contributed by atoms with van der Waals surface area (Å²) in [7, 11) is 0. The number of halogens is 1. The van der Waals surface area contributed by atoms with Crippen molar-refractivity contribution >= 4 is 40.9 Å². The number of rotatable bonds is 6. The maximum Gasteiger partial charge on any atom is 0.313 e. The Kier molecular flexibility index (Phi) is 6.25. The van der Waals surface area contributed by atoms with Crippen LogP contribution in [0.2, 0.25) is 5.02 Å². The number of nitriles is 1. The monoisotopic (exact) mass is 474 g/mol. The third-order valence-electron chi connectivity index (χ3n) is 4.97. The molecule has 1 aliphatic heterocycles. The number of nitro groups is 1. The number of carbonyl (C=O) groups excluding carboxylic acids is 2. The van der Waals surface area contributed by atoms with Crippen molar-refractivity contribution in [2.75, 3.05) is 5.01 Å². The van der Waals surface area contributed by atoms with Gasteiger partial charge in [0.15, 0.2) is 0 Å². The Morgan fingerprint density at radius 1 is 1.12 bits per heavy atom. The zero-order valence-electron chi connectivity index (χ0n) is 17.4. The maximum atomic E-state index is 12.8. The van der Waals surface area contributed by atoms with Crippen molar-refractivity contribution in [1.82, 2.24) is 5.43 Å². The van der Waals surface area contributed by atoms with E-state index >= 15 is 0 Å². The Morgan fingerprint density at radius 3 is 2.53 bits per heavy atom. The summed E-state index contributed by atoms with van der Waals surface area (Å²) in [5.74, 6) is -1.45. The van der Waals surface area contributed by atoms with Gasteiger partial charge in [0.1, 0.15) is 12.2 Å². The molecule has 0 radical (unpaired) electrons. The second-order valence-corrected chi connectivity index (χ2v) is 7.55. The molecular weight excluding hydrogens is 460 g/mol. The van der Waals surface area contributed by atoms with Crippen LogP contribution >= 0.6 is 11.6 Å². The third kappa shape index (κ3) is 4.44. The largest absolute Gasteiger partial charge is 0.481 e. The molecule has 10 heteroatoms. The van der Waals surface area contributed by atoms with Crippen molar-refractivity contribution in [1.29, 1.82) is 5.26 Å². The van der Waals surface area contributed by atoms with Crippen LogP contribution in [0.3, 0.4) is 0 Å². The van der Waals surface area contributed by atoms with E-state index in [2.05, 4.69) is 5.43 Å². The quantitative estimate of drug-likeness (QED) is 0.247. The van der Waals surface area contributed by atoms with E-state index in [-0.39, 0.29) is 28.5 Å². The second-order valence-electron chi connectivity index (χ2n) is 7.14. The van der Waals surface area contributed by atoms with Crippen LogP contribution in [0.1, 0.15) is 16.7 Å². The first-order chi connectivity index (χ1) is 16.4. The average molecular weight is 475 g/mol. The van der Waals surface area contributed by atoms with E-state index in [0.29, 0.717) is 16.8 Å². The zero-order valence-corrected chi connectivity index (χ0v) is 18.2. The lowest BCUT2D eigenvalue weighted by molar-refractivity contribution is -0.385. The van der Waals surface area contributed by atoms with E-state index in [4.69, 9.17) is 16.3 Å². The molecule has 1 aliphatic rings. The van der Waals surface area contributed by atoms with E-state index in [0.717, 1.165) is 11.1 Å². The Balaban J connectivity index is 1.65. The maximum absolute atomic E-state index is 12.8. The summed E-state index contributed by atoms with van der Waals surface area (Å²) in [4.78, 5) is 36.2. The van der Waals surface area contributed by atoms with Gasteiger partial charge >= 0.3 is 5.69 Å². The van der Waals surface area contributed by atoms with E-state index in [1.54, 1.807) is 54.6 Å². The number of nitro benzene ring substituents is 1. The molecule has 0 spiro atoms. The first kappa shape index (κ1) is 22.5. The molecule has 34 heavy (non-hydrogen) atoms. The number of amides is 2. The number of nitrogens with one attached hydrogen (secondary N) is 1. The van der Waals surface area contributed by atoms with Gasteiger partial charge in [-0.2, -0.15) is 5.26 Å². The summed E-state index contributed by atoms with van der Waals surface area (Å²) in [6.45, 7) is -0.113. The molecule has 4 rings (SSSR count). The summed E-state index contributed by atoms with van der Waals surface area (Å²) in [5.41, 5.74) is 3.37. The minimum atomic E-state index is -0.674. The van der Waals surface area contributed by atoms with Gasteiger partial charge in [-0.05, 0) is 35.9 Å². The number of hydrogen-bond acceptors (Lipinski definition) is 6. The molecule has 168 valence electrons. The summed E-state index contributed by atoms with van der Waals surface area (Å²) >= 11 is 6.28. The predicted octanol–water partition coefficient (Wildman–Crippen LogP) is 4.16. The summed E-state index contributed by atoms with van der Waals surface area (Å²) in [6.07, 6.45) is 1.23. The van der Waals surface area contributed by atoms with Crippen molar-refractivity contribution < 1.29 is 19.2 Å². The Morgan fingerprint density at radius 2 is 1.82 bits per heavy atom. The number of nitrogens with zero attached hydrogens (tertiary/aromatic N) is 3. The van der Waals surface area contributed by atoms with Gasteiger partial charge in [-0.15, -0.1) is 0 Å². The molecule has 0 unspecified atom stereocenters. The van der Waals surface area contributed by atoms with Crippen LogP contribution in [0.4, 0.5) is 11.4 Å². The fourth-order valence-corrected chi connectivity index (χ4v) is 3.63. The predicted molar refractivity (Wildman–Crippen MR) is 124 cm³/mol. The molecule has 1 heterocycles. The molecule has 9 nitrogen and oxygen atoms in total. The first-order valence-corrected chi connectivity index (χ1v) is 10.3. The molecule has 0 atom stereocenters. The van der Waals surface area contributed by atoms with Crippen LogP contribution in [-0.4, -0.2) is 16.7 Å². The number of hydrogen-bond donors (Lipinski definition) is 1. The molecule has 0 saturated carbocycles. The summed E-state index contributed by atoms with van der Waals surface area (Å²) in [6, 6.07) is 19.7. The average Bonchev–Trinajstić information content (AvgIpc) is 3.12. The highest BCUT2D eigenvalue weighted by atomic mass is 35.5. The van der Waals surface area contributed by atoms with E-state index in [1.807, 2.05) is 6.07 Å². The highest BCUT2D eigenvalue weighted by Crippen LogP contribution is 2.37. The molecule has 0 aromatic heterocycles. The van der Waals surface area contributed by atoms with Crippen molar-refractivity contribution in [2.24, 2.45) is 0 Å². The van der Waals surface area contributed by atoms with Crippen molar-refractivity contribution in [3.63, 3.8) is 0 Å². The lowest BCUT2D eigenvalue weighted by Gasteiger charge is -2.13. The number of carbonyl (C=O) groups is 2. The first-order valence-electron chi connectivity index (χ1n) is 9.90. The molecule has 0 bridgehead atoms. The number of para-hydroxylation sites is 1. The lowest BCUT2D eigenvalue weighted by Crippen LogP contribution is -2.35. The van der Waals surface area contributed by atoms with Gasteiger partial charge in [0, 0.05) is 11.6 Å². The smallest absolute Gasteiger partial charge is 0.313 e. The van der Waals surface area contributed by atoms with Gasteiger partial charge in [-0.25, -0.2) is 5.01 Å². The van der Waals surface area contributed by atoms with Crippen molar-refractivity contribution in [2.45, 2.75) is 6.61 Å². The van der Waals surface area contributed by atoms with Gasteiger partial charge < -0.3 is 4.74 Å². The van der Waals surface area contributed by atoms with E-state index in [9.17, 15) is 25.0 Å². The molecule has 3 aromatic carbocycles. The van der Waals surface area contributed by atoms with Crippen LogP contribution in [0.15, 0.2) is 72.3 Å². The fraction of sp³-hybridized carbons (Fsp3) is 0.0417. The van der Waals surface area contributed by atoms with Crippen LogP contribution in [0, 0.1) is 21.4 Å². The second kappa shape index (κ2) is 9.44. The van der Waals surface area contributed by atoms with Gasteiger partial charge in [0.2, 0.25) is 5.75 Å². The standard InChI is InChI=1S/C24H15ClN4O5/c25-20-11-15(10-19-23(30)27-28(24(19)31)18-8-2-1-3-9-18)12-21(29(32)33)22(20)34-14-17-7-5-4-6-16(17)13-26/h1-12H,14H2,(H,27,30)/b19-10-. The van der Waals surface area contributed by atoms with Crippen LogP contribution < -0.4 is 15.2 Å². The highest BCUT2D eigenvalue weighted by Gasteiger charge is 2.34. The van der Waals surface area contributed by atoms with Gasteiger partial charge in [0.05, 0.1) is 27.3 Å². The Bertz CT molecular complexity index is 1380. The Labute approximate surface area is 198 Å². The van der Waals surface area contributed by atoms with Crippen molar-refractivity contribution in [3.05, 3.63) is 104 Å². The number of benzene rings is 3. The third-order valence-corrected chi connectivity index (χ3v) is 5.25. The van der Waals surface area contributed by atoms with Crippen LogP contribution in [0.25, 0.3) is 6.08 Å². The minimum absolute atomic E-state index is 0.0822. The van der Waals surface area contributed by atoms with Gasteiger partial charge in [0.25, 0.3) is 11.8 Å². The topological polar surface area (TPSA) is 126 Å². The molecule has 3 aromatic rings. The number of hydrazine groups is 1. The van der Waals surface area contributed by atoms with Crippen LogP contribution in [0.5, 0.6) is 5.75 Å². The van der Waals surface area contributed by atoms with Gasteiger partial charge in [-0.3, -0.25) is 25.1 Å². The molecule has 1 saturated heterocycles. The normalized spacial score (nSPS) is 14.1. The van der Waals surface area contributed by atoms with E-state index in [1.165, 1.54) is 12.1 Å². The fourth-order valence-electron chi connectivity index (χ4n) is 3.35. The molecular formula is C24H15ClN4O5. The molecule has 1 N–H and O–H groups in total. The van der Waals surface area contributed by atoms with Gasteiger partial charge in [-0.1, -0.05) is 48.0 Å². The molecule has 0 aliphatic carbocycles. The zero-order chi connectivity index (χ0) is 24.2. The minimum Gasteiger partial charge on any atom is -0.481 e. The summed E-state index contributed by atoms with van der Waals surface area (Å²) < 4.78 is 5.60. The number of ether oxygens (including phenoxy) is 1. The number of anilines is 1. The van der Waals surface area contributed by atoms with Crippen molar-refractivity contribution in [3.8, 4) is 11.8 Å². The SMILES string of the molecule is N#Cc1ccccc1COc1c(Cl)cc(/C=C2/C(=O)NN(c3ccccc3)C2=O)cc1[N+](=O)[O-]. The Hall–Kier alpha value is -4.68. The highest BCUT2D eigenvalue weighted by molar-refractivity contribution is 6.33. The lowest BCUT2D eigenvalue weighted by atomic mass is 10.1. The molecule has 1 fully saturated rings. The summed E-state index contributed by atoms with van der Waals surface area (Å²) in [5, 5.41) is 21.9.